The molecular formula is C23H31N5O3S. The maximum Gasteiger partial charge on any atom is 0.290 e. The minimum atomic E-state index is -0.195. The van der Waals surface area contributed by atoms with Crippen LogP contribution >= 0.6 is 11.3 Å². The first-order valence-corrected chi connectivity index (χ1v) is 11.6. The minimum absolute atomic E-state index is 0.195. The number of methoxy groups -OCH3 is 1. The Hall–Kier alpha value is -2.94. The second-order valence-electron chi connectivity index (χ2n) is 7.46. The van der Waals surface area contributed by atoms with Gasteiger partial charge in [-0.1, -0.05) is 13.8 Å². The summed E-state index contributed by atoms with van der Waals surface area (Å²) in [6, 6.07) is 5.59. The zero-order chi connectivity index (χ0) is 23.3. The van der Waals surface area contributed by atoms with E-state index < -0.39 is 0 Å². The van der Waals surface area contributed by atoms with E-state index in [1.165, 1.54) is 9.56 Å². The Morgan fingerprint density at radius 3 is 2.69 bits per heavy atom. The molecule has 1 aliphatic rings. The maximum absolute atomic E-state index is 12.4. The number of rotatable bonds is 8. The molecule has 2 atom stereocenters. The lowest BCUT2D eigenvalue weighted by Gasteiger charge is -2.10. The first kappa shape index (κ1) is 23.7. The van der Waals surface area contributed by atoms with Crippen molar-refractivity contribution < 1.29 is 9.47 Å². The van der Waals surface area contributed by atoms with Gasteiger partial charge in [-0.2, -0.15) is 0 Å². The molecule has 0 spiro atoms. The molecule has 0 saturated heterocycles. The van der Waals surface area contributed by atoms with Gasteiger partial charge in [-0.15, -0.1) is 16.4 Å². The van der Waals surface area contributed by atoms with Gasteiger partial charge in [-0.3, -0.25) is 9.78 Å². The number of anilines is 1. The van der Waals surface area contributed by atoms with E-state index in [0.29, 0.717) is 36.6 Å². The summed E-state index contributed by atoms with van der Waals surface area (Å²) in [6.45, 7) is 9.06. The molecule has 3 heterocycles. The fourth-order valence-electron chi connectivity index (χ4n) is 3.28. The van der Waals surface area contributed by atoms with Gasteiger partial charge < -0.3 is 14.8 Å². The molecule has 172 valence electrons. The smallest absolute Gasteiger partial charge is 0.290 e. The zero-order valence-electron chi connectivity index (χ0n) is 19.5. The summed E-state index contributed by atoms with van der Waals surface area (Å²) in [6.07, 6.45) is 2.77. The van der Waals surface area contributed by atoms with Crippen LogP contribution in [0.2, 0.25) is 0 Å². The summed E-state index contributed by atoms with van der Waals surface area (Å²) in [5, 5.41) is 8.34. The molecule has 32 heavy (non-hydrogen) atoms. The Labute approximate surface area is 192 Å². The van der Waals surface area contributed by atoms with Gasteiger partial charge in [-0.05, 0) is 32.4 Å². The largest absolute Gasteiger partial charge is 0.495 e. The highest BCUT2D eigenvalue weighted by Crippen LogP contribution is 2.46. The number of nitrogens with zero attached hydrogens (tertiary/aromatic N) is 4. The van der Waals surface area contributed by atoms with E-state index in [4.69, 9.17) is 9.47 Å². The molecule has 1 fully saturated rings. The van der Waals surface area contributed by atoms with Crippen molar-refractivity contribution in [3.63, 3.8) is 0 Å². The molecule has 1 N–H and O–H groups in total. The highest BCUT2D eigenvalue weighted by Gasteiger charge is 2.40. The molecule has 3 aromatic rings. The van der Waals surface area contributed by atoms with Crippen molar-refractivity contribution in [2.75, 3.05) is 19.0 Å². The predicted octanol–water partition coefficient (Wildman–Crippen LogP) is 4.08. The Morgan fingerprint density at radius 2 is 2.06 bits per heavy atom. The normalized spacial score (nSPS) is 16.7. The van der Waals surface area contributed by atoms with Crippen LogP contribution in [0.4, 0.5) is 5.69 Å². The summed E-state index contributed by atoms with van der Waals surface area (Å²) in [4.78, 5) is 22.5. The molecule has 1 aliphatic carbocycles. The van der Waals surface area contributed by atoms with Gasteiger partial charge in [0.25, 0.3) is 5.56 Å². The molecule has 0 amide bonds. The molecule has 0 radical (unpaired) electrons. The average Bonchev–Trinajstić information content (AvgIpc) is 3.52. The summed E-state index contributed by atoms with van der Waals surface area (Å²) >= 11 is 1.63. The van der Waals surface area contributed by atoms with Crippen molar-refractivity contribution in [1.82, 2.24) is 19.7 Å². The number of aryl methyl sites for hydroxylation is 3. The van der Waals surface area contributed by atoms with Crippen molar-refractivity contribution in [3.8, 4) is 11.6 Å². The average molecular weight is 458 g/mol. The van der Waals surface area contributed by atoms with Gasteiger partial charge in [0.2, 0.25) is 5.88 Å². The lowest BCUT2D eigenvalue weighted by molar-refractivity contribution is 0.278. The second kappa shape index (κ2) is 10.6. The lowest BCUT2D eigenvalue weighted by Crippen LogP contribution is -2.24. The Balaban J connectivity index is 0.00000141. The SMILES string of the molecule is CC.COc1ccc([C@H]2CC2COc2cc(NCc3nc(C)c(C)s3)c(=O)n(C)n2)nc1. The summed E-state index contributed by atoms with van der Waals surface area (Å²) in [5.41, 5.74) is 2.33. The zero-order valence-corrected chi connectivity index (χ0v) is 20.3. The van der Waals surface area contributed by atoms with Crippen LogP contribution in [-0.4, -0.2) is 33.5 Å². The van der Waals surface area contributed by atoms with Gasteiger partial charge in [0.15, 0.2) is 0 Å². The van der Waals surface area contributed by atoms with Gasteiger partial charge in [-0.25, -0.2) is 9.67 Å². The van der Waals surface area contributed by atoms with Crippen LogP contribution in [-0.2, 0) is 13.6 Å². The molecule has 3 aromatic heterocycles. The summed E-state index contributed by atoms with van der Waals surface area (Å²) < 4.78 is 12.4. The third-order valence-electron chi connectivity index (χ3n) is 5.29. The second-order valence-corrected chi connectivity index (χ2v) is 8.75. The standard InChI is InChI=1S/C21H25N5O3S.C2H6/c1-12-13(2)30-20(24-12)10-23-18-8-19(25-26(3)21(18)27)29-11-14-7-16(14)17-6-5-15(28-4)9-22-17;1-2/h5-6,8-9,14,16,23H,7,10-11H2,1-4H3;1-2H3/t14?,16-;/m0./s1. The van der Waals surface area contributed by atoms with Crippen molar-refractivity contribution in [3.05, 3.63) is 56.0 Å². The van der Waals surface area contributed by atoms with E-state index in [2.05, 4.69) is 20.4 Å². The van der Waals surface area contributed by atoms with Crippen molar-refractivity contribution in [2.24, 2.45) is 13.0 Å². The minimum Gasteiger partial charge on any atom is -0.495 e. The highest BCUT2D eigenvalue weighted by molar-refractivity contribution is 7.11. The number of hydrogen-bond donors (Lipinski definition) is 1. The summed E-state index contributed by atoms with van der Waals surface area (Å²) in [7, 11) is 3.26. The van der Waals surface area contributed by atoms with Gasteiger partial charge in [0, 0.05) is 35.5 Å². The van der Waals surface area contributed by atoms with Crippen LogP contribution in [0.3, 0.4) is 0 Å². The van der Waals surface area contributed by atoms with Crippen molar-refractivity contribution in [2.45, 2.75) is 46.6 Å². The number of aromatic nitrogens is 4. The third-order valence-corrected chi connectivity index (χ3v) is 6.36. The van der Waals surface area contributed by atoms with E-state index in [1.807, 2.05) is 39.8 Å². The van der Waals surface area contributed by atoms with E-state index in [0.717, 1.165) is 28.6 Å². The molecule has 8 nitrogen and oxygen atoms in total. The van der Waals surface area contributed by atoms with E-state index in [9.17, 15) is 4.79 Å². The van der Waals surface area contributed by atoms with Crippen LogP contribution in [0.25, 0.3) is 0 Å². The molecule has 4 rings (SSSR count). The molecule has 9 heteroatoms. The Morgan fingerprint density at radius 1 is 1.28 bits per heavy atom. The third kappa shape index (κ3) is 5.64. The Bertz CT molecular complexity index is 1070. The highest BCUT2D eigenvalue weighted by atomic mass is 32.1. The first-order chi connectivity index (χ1) is 15.4. The van der Waals surface area contributed by atoms with E-state index in [-0.39, 0.29) is 5.56 Å². The number of ether oxygens (including phenoxy) is 2. The van der Waals surface area contributed by atoms with Crippen LogP contribution in [0.1, 0.15) is 47.5 Å². The fourth-order valence-corrected chi connectivity index (χ4v) is 4.16. The maximum atomic E-state index is 12.4. The van der Waals surface area contributed by atoms with Crippen LogP contribution in [0.15, 0.2) is 29.2 Å². The van der Waals surface area contributed by atoms with Crippen LogP contribution < -0.4 is 20.3 Å². The van der Waals surface area contributed by atoms with Crippen molar-refractivity contribution >= 4 is 17.0 Å². The number of nitrogens with one attached hydrogen (secondary N) is 1. The number of pyridine rings is 1. The number of thiazole rings is 1. The van der Waals surface area contributed by atoms with E-state index in [1.54, 1.807) is 37.8 Å². The fraction of sp³-hybridized carbons (Fsp3) is 0.478. The Kier molecular flexibility index (Phi) is 7.84. The van der Waals surface area contributed by atoms with Crippen molar-refractivity contribution in [1.29, 1.82) is 0 Å². The first-order valence-electron chi connectivity index (χ1n) is 10.8. The van der Waals surface area contributed by atoms with Gasteiger partial charge in [0.1, 0.15) is 16.4 Å². The lowest BCUT2D eigenvalue weighted by atomic mass is 10.2. The molecular weight excluding hydrogens is 426 g/mol. The molecule has 0 bridgehead atoms. The molecule has 1 unspecified atom stereocenters. The monoisotopic (exact) mass is 457 g/mol. The predicted molar refractivity (Wildman–Crippen MR) is 127 cm³/mol. The van der Waals surface area contributed by atoms with Gasteiger partial charge in [0.05, 0.1) is 32.2 Å². The quantitative estimate of drug-likeness (QED) is 0.545. The summed E-state index contributed by atoms with van der Waals surface area (Å²) in [5.74, 6) is 1.96. The van der Waals surface area contributed by atoms with E-state index >= 15 is 0 Å². The van der Waals surface area contributed by atoms with Crippen LogP contribution in [0.5, 0.6) is 11.6 Å². The van der Waals surface area contributed by atoms with Crippen LogP contribution in [0, 0.1) is 19.8 Å². The van der Waals surface area contributed by atoms with Gasteiger partial charge >= 0.3 is 0 Å². The topological polar surface area (TPSA) is 91.2 Å². The molecule has 0 aromatic carbocycles. The number of hydrogen-bond acceptors (Lipinski definition) is 8. The molecule has 0 aliphatic heterocycles. The molecule has 1 saturated carbocycles.